The number of alkyl halides is 2. The van der Waals surface area contributed by atoms with E-state index in [1.54, 1.807) is 0 Å². The van der Waals surface area contributed by atoms with Gasteiger partial charge in [0.1, 0.15) is 0 Å². The normalized spacial score (nSPS) is 30.7. The molecular formula is C11H19F2NO. The molecule has 0 aromatic rings. The van der Waals surface area contributed by atoms with Crippen LogP contribution in [-0.2, 0) is 0 Å². The number of nitrogens with zero attached hydrogens (tertiary/aromatic N) is 1. The van der Waals surface area contributed by atoms with Crippen molar-refractivity contribution in [3.05, 3.63) is 11.6 Å². The summed E-state index contributed by atoms with van der Waals surface area (Å²) in [6.45, 7) is 2.63. The van der Waals surface area contributed by atoms with Gasteiger partial charge in [-0.25, -0.2) is 8.78 Å². The molecule has 0 aliphatic carbocycles. The average Bonchev–Trinajstić information content (AvgIpc) is 2.43. The van der Waals surface area contributed by atoms with Gasteiger partial charge in [0.2, 0.25) is 0 Å². The minimum Gasteiger partial charge on any atom is -0.394 e. The van der Waals surface area contributed by atoms with Gasteiger partial charge >= 0.3 is 0 Å². The molecule has 2 nitrogen and oxygen atoms in total. The molecule has 15 heavy (non-hydrogen) atoms. The molecule has 0 bridgehead atoms. The van der Waals surface area contributed by atoms with Gasteiger partial charge in [-0.1, -0.05) is 18.9 Å². The summed E-state index contributed by atoms with van der Waals surface area (Å²) in [7, 11) is 1.89. The Morgan fingerprint density at radius 2 is 2.27 bits per heavy atom. The van der Waals surface area contributed by atoms with E-state index in [1.807, 2.05) is 18.9 Å². The first kappa shape index (κ1) is 12.6. The van der Waals surface area contributed by atoms with Crippen molar-refractivity contribution in [2.45, 2.75) is 38.2 Å². The summed E-state index contributed by atoms with van der Waals surface area (Å²) in [6.07, 6.45) is 0.999. The maximum atomic E-state index is 12.2. The number of allylic oxidation sites excluding steroid dienone is 1. The van der Waals surface area contributed by atoms with Crippen LogP contribution in [-0.4, -0.2) is 42.2 Å². The third-order valence-electron chi connectivity index (χ3n) is 3.18. The van der Waals surface area contributed by atoms with Crippen LogP contribution in [0.1, 0.15) is 26.2 Å². The third-order valence-corrected chi connectivity index (χ3v) is 3.18. The fourth-order valence-electron chi connectivity index (χ4n) is 2.38. The van der Waals surface area contributed by atoms with Crippen LogP contribution in [0.5, 0.6) is 0 Å². The van der Waals surface area contributed by atoms with E-state index in [4.69, 9.17) is 0 Å². The van der Waals surface area contributed by atoms with Gasteiger partial charge in [-0.15, -0.1) is 0 Å². The summed E-state index contributed by atoms with van der Waals surface area (Å²) in [5.74, 6) is 0. The molecule has 1 atom stereocenters. The maximum Gasteiger partial charge on any atom is 0.257 e. The van der Waals surface area contributed by atoms with Crippen LogP contribution in [0.2, 0.25) is 0 Å². The van der Waals surface area contributed by atoms with E-state index in [9.17, 15) is 13.9 Å². The first-order chi connectivity index (χ1) is 7.04. The van der Waals surface area contributed by atoms with E-state index in [0.29, 0.717) is 13.0 Å². The minimum atomic E-state index is -2.38. The van der Waals surface area contributed by atoms with Gasteiger partial charge < -0.3 is 5.11 Å². The fraction of sp³-hybridized carbons (Fsp3) is 0.818. The van der Waals surface area contributed by atoms with E-state index < -0.39 is 6.43 Å². The summed E-state index contributed by atoms with van der Waals surface area (Å²) in [4.78, 5) is 1.99. The molecule has 0 amide bonds. The lowest BCUT2D eigenvalue weighted by Crippen LogP contribution is -2.44. The van der Waals surface area contributed by atoms with Gasteiger partial charge in [-0.3, -0.25) is 4.90 Å². The largest absolute Gasteiger partial charge is 0.394 e. The SMILES string of the molecule is CCCC1(CO)C/C(=C/C(F)F)CN1C. The molecule has 1 unspecified atom stereocenters. The highest BCUT2D eigenvalue weighted by atomic mass is 19.3. The summed E-state index contributed by atoms with van der Waals surface area (Å²) in [5.41, 5.74) is 0.435. The minimum absolute atomic E-state index is 0.0396. The Morgan fingerprint density at radius 3 is 2.73 bits per heavy atom. The number of halogens is 2. The molecule has 0 spiro atoms. The molecular weight excluding hydrogens is 200 g/mol. The predicted octanol–water partition coefficient (Wildman–Crippen LogP) is 2.04. The quantitative estimate of drug-likeness (QED) is 0.731. The zero-order valence-electron chi connectivity index (χ0n) is 9.34. The van der Waals surface area contributed by atoms with Crippen molar-refractivity contribution in [3.8, 4) is 0 Å². The first-order valence-electron chi connectivity index (χ1n) is 5.34. The number of likely N-dealkylation sites (tertiary alicyclic amines) is 1. The van der Waals surface area contributed by atoms with E-state index in [-0.39, 0.29) is 12.1 Å². The Hall–Kier alpha value is -0.480. The second-order valence-electron chi connectivity index (χ2n) is 4.32. The summed E-state index contributed by atoms with van der Waals surface area (Å²) < 4.78 is 24.4. The number of likely N-dealkylation sites (N-methyl/N-ethyl adjacent to an activating group) is 1. The van der Waals surface area contributed by atoms with E-state index in [1.165, 1.54) is 0 Å². The molecule has 1 fully saturated rings. The molecule has 1 heterocycles. The highest BCUT2D eigenvalue weighted by molar-refractivity contribution is 5.18. The lowest BCUT2D eigenvalue weighted by Gasteiger charge is -2.33. The van der Waals surface area contributed by atoms with Crippen molar-refractivity contribution >= 4 is 0 Å². The molecule has 1 N–H and O–H groups in total. The molecule has 0 saturated carbocycles. The molecule has 0 aromatic heterocycles. The predicted molar refractivity (Wildman–Crippen MR) is 56.1 cm³/mol. The van der Waals surface area contributed by atoms with Gasteiger partial charge in [0.05, 0.1) is 6.61 Å². The monoisotopic (exact) mass is 219 g/mol. The molecule has 1 saturated heterocycles. The van der Waals surface area contributed by atoms with Gasteiger partial charge in [0, 0.05) is 12.1 Å². The topological polar surface area (TPSA) is 23.5 Å². The summed E-state index contributed by atoms with van der Waals surface area (Å²) in [5, 5.41) is 9.41. The number of aliphatic hydroxyl groups excluding tert-OH is 1. The van der Waals surface area contributed by atoms with Crippen LogP contribution in [0, 0.1) is 0 Å². The zero-order chi connectivity index (χ0) is 11.5. The molecule has 1 aliphatic heterocycles. The number of hydrogen-bond acceptors (Lipinski definition) is 2. The first-order valence-corrected chi connectivity index (χ1v) is 5.34. The Kier molecular flexibility index (Phi) is 4.22. The van der Waals surface area contributed by atoms with Crippen molar-refractivity contribution in [2.75, 3.05) is 20.2 Å². The molecule has 88 valence electrons. The van der Waals surface area contributed by atoms with Crippen LogP contribution >= 0.6 is 0 Å². The molecule has 0 aromatic carbocycles. The number of hydrogen-bond donors (Lipinski definition) is 1. The van der Waals surface area contributed by atoms with Gasteiger partial charge in [0.15, 0.2) is 0 Å². The number of aliphatic hydroxyl groups is 1. The highest BCUT2D eigenvalue weighted by Crippen LogP contribution is 2.35. The number of rotatable bonds is 4. The lowest BCUT2D eigenvalue weighted by atomic mass is 9.90. The van der Waals surface area contributed by atoms with E-state index in [0.717, 1.165) is 24.5 Å². The van der Waals surface area contributed by atoms with Gasteiger partial charge in [-0.2, -0.15) is 0 Å². The zero-order valence-corrected chi connectivity index (χ0v) is 9.34. The van der Waals surface area contributed by atoms with Gasteiger partial charge in [-0.05, 0) is 26.0 Å². The maximum absolute atomic E-state index is 12.2. The van der Waals surface area contributed by atoms with E-state index in [2.05, 4.69) is 0 Å². The lowest BCUT2D eigenvalue weighted by molar-refractivity contribution is 0.0755. The Labute approximate surface area is 89.6 Å². The van der Waals surface area contributed by atoms with Crippen molar-refractivity contribution in [3.63, 3.8) is 0 Å². The van der Waals surface area contributed by atoms with Crippen molar-refractivity contribution in [1.29, 1.82) is 0 Å². The van der Waals surface area contributed by atoms with Crippen molar-refractivity contribution in [2.24, 2.45) is 0 Å². The average molecular weight is 219 g/mol. The second kappa shape index (κ2) is 5.03. The van der Waals surface area contributed by atoms with Crippen LogP contribution in [0.4, 0.5) is 8.78 Å². The van der Waals surface area contributed by atoms with Crippen molar-refractivity contribution < 1.29 is 13.9 Å². The highest BCUT2D eigenvalue weighted by Gasteiger charge is 2.39. The Morgan fingerprint density at radius 1 is 1.60 bits per heavy atom. The summed E-state index contributed by atoms with van der Waals surface area (Å²) in [6, 6.07) is 0. The fourth-order valence-corrected chi connectivity index (χ4v) is 2.38. The molecule has 4 heteroatoms. The van der Waals surface area contributed by atoms with Crippen LogP contribution < -0.4 is 0 Å². The second-order valence-corrected chi connectivity index (χ2v) is 4.32. The third kappa shape index (κ3) is 2.75. The molecule has 1 rings (SSSR count). The Balaban J connectivity index is 2.77. The molecule has 0 radical (unpaired) electrons. The standard InChI is InChI=1S/C11H19F2NO/c1-3-4-11(8-15)6-9(5-10(12)13)7-14(11)2/h5,10,15H,3-4,6-8H2,1-2H3/b9-5-. The van der Waals surface area contributed by atoms with Crippen LogP contribution in [0.3, 0.4) is 0 Å². The molecule has 1 aliphatic rings. The smallest absolute Gasteiger partial charge is 0.257 e. The van der Waals surface area contributed by atoms with Crippen LogP contribution in [0.15, 0.2) is 11.6 Å². The van der Waals surface area contributed by atoms with E-state index >= 15 is 0 Å². The Bertz CT molecular complexity index is 243. The summed E-state index contributed by atoms with van der Waals surface area (Å²) >= 11 is 0. The van der Waals surface area contributed by atoms with Gasteiger partial charge in [0.25, 0.3) is 6.43 Å². The van der Waals surface area contributed by atoms with Crippen molar-refractivity contribution in [1.82, 2.24) is 4.90 Å². The van der Waals surface area contributed by atoms with Crippen LogP contribution in [0.25, 0.3) is 0 Å².